The average Bonchev–Trinajstić information content (AvgIpc) is 2.67. The summed E-state index contributed by atoms with van der Waals surface area (Å²) in [5.74, 6) is 0.630. The van der Waals surface area contributed by atoms with Crippen molar-refractivity contribution in [1.82, 2.24) is 5.32 Å². The maximum atomic E-state index is 12.4. The zero-order valence-corrected chi connectivity index (χ0v) is 17.7. The summed E-state index contributed by atoms with van der Waals surface area (Å²) in [5, 5.41) is 4.54. The van der Waals surface area contributed by atoms with Crippen molar-refractivity contribution in [3.63, 3.8) is 0 Å². The van der Waals surface area contributed by atoms with E-state index in [1.54, 1.807) is 17.3 Å². The number of halogens is 1. The summed E-state index contributed by atoms with van der Waals surface area (Å²) in [5.41, 5.74) is 3.82. The first-order valence-electron chi connectivity index (χ1n) is 9.57. The van der Waals surface area contributed by atoms with Gasteiger partial charge in [-0.2, -0.15) is 0 Å². The van der Waals surface area contributed by atoms with Crippen LogP contribution in [0.25, 0.3) is 0 Å². The highest BCUT2D eigenvalue weighted by molar-refractivity contribution is 8.93. The fourth-order valence-electron chi connectivity index (χ4n) is 4.44. The van der Waals surface area contributed by atoms with E-state index in [0.29, 0.717) is 5.75 Å². The normalized spacial score (nSPS) is 21.3. The molecule has 0 saturated heterocycles. The smallest absolute Gasteiger partial charge is 0.173 e. The van der Waals surface area contributed by atoms with Crippen molar-refractivity contribution in [1.29, 1.82) is 0 Å². The lowest BCUT2D eigenvalue weighted by atomic mass is 9.72. The Kier molecular flexibility index (Phi) is 6.62. The van der Waals surface area contributed by atoms with Gasteiger partial charge in [-0.15, -0.1) is 17.0 Å². The molecule has 26 heavy (non-hydrogen) atoms. The van der Waals surface area contributed by atoms with Crippen LogP contribution in [0.3, 0.4) is 0 Å². The van der Waals surface area contributed by atoms with E-state index in [-0.39, 0.29) is 28.3 Å². The number of aliphatic imine (C=N–C) groups is 1. The first kappa shape index (κ1) is 19.7. The highest BCUT2D eigenvalue weighted by Gasteiger charge is 2.40. The fourth-order valence-corrected chi connectivity index (χ4v) is 5.30. The van der Waals surface area contributed by atoms with Gasteiger partial charge in [0.05, 0.1) is 11.3 Å². The van der Waals surface area contributed by atoms with Gasteiger partial charge in [0.25, 0.3) is 0 Å². The monoisotopic (exact) mass is 434 g/mol. The number of fused-ring (bicyclic) bond motifs is 1. The van der Waals surface area contributed by atoms with Gasteiger partial charge in [-0.25, -0.2) is 0 Å². The molecule has 5 heteroatoms. The van der Waals surface area contributed by atoms with Crippen LogP contribution >= 0.6 is 28.7 Å². The van der Waals surface area contributed by atoms with Gasteiger partial charge < -0.3 is 5.32 Å². The molecule has 0 amide bonds. The van der Waals surface area contributed by atoms with Crippen molar-refractivity contribution < 1.29 is 4.79 Å². The van der Waals surface area contributed by atoms with Crippen LogP contribution in [0.15, 0.2) is 46.6 Å². The van der Waals surface area contributed by atoms with Crippen LogP contribution in [0.1, 0.15) is 68.1 Å². The zero-order chi connectivity index (χ0) is 17.1. The summed E-state index contributed by atoms with van der Waals surface area (Å²) in [6, 6.07) is 9.57. The molecular formula is C21H27BrN2OS. The van der Waals surface area contributed by atoms with E-state index in [9.17, 15) is 4.79 Å². The van der Waals surface area contributed by atoms with Crippen molar-refractivity contribution in [3.05, 3.63) is 47.2 Å². The first-order chi connectivity index (χ1) is 12.3. The maximum Gasteiger partial charge on any atom is 0.173 e. The highest BCUT2D eigenvalue weighted by atomic mass is 79.9. The predicted octanol–water partition coefficient (Wildman–Crippen LogP) is 5.67. The second-order valence-electron chi connectivity index (χ2n) is 7.38. The van der Waals surface area contributed by atoms with Gasteiger partial charge in [0, 0.05) is 11.3 Å². The molecule has 0 bridgehead atoms. The van der Waals surface area contributed by atoms with E-state index < -0.39 is 0 Å². The summed E-state index contributed by atoms with van der Waals surface area (Å²) < 4.78 is 0. The number of benzene rings is 1. The van der Waals surface area contributed by atoms with Crippen molar-refractivity contribution in [2.75, 3.05) is 5.75 Å². The molecule has 1 heterocycles. The number of carbonyl (C=O) groups is 1. The number of nitrogens with zero attached hydrogens (tertiary/aromatic N) is 1. The predicted molar refractivity (Wildman–Crippen MR) is 115 cm³/mol. The Labute approximate surface area is 170 Å². The molecule has 3 nitrogen and oxygen atoms in total. The molecule has 1 aliphatic heterocycles. The molecule has 140 valence electrons. The van der Waals surface area contributed by atoms with Crippen LogP contribution in [0.2, 0.25) is 0 Å². The molecule has 0 atom stereocenters. The van der Waals surface area contributed by atoms with Gasteiger partial charge in [-0.05, 0) is 44.1 Å². The summed E-state index contributed by atoms with van der Waals surface area (Å²) in [7, 11) is 0. The van der Waals surface area contributed by atoms with Gasteiger partial charge >= 0.3 is 0 Å². The second-order valence-corrected chi connectivity index (χ2v) is 8.34. The number of allylic oxidation sites excluding steroid dienone is 1. The lowest BCUT2D eigenvalue weighted by Gasteiger charge is -2.42. The minimum atomic E-state index is 0. The highest BCUT2D eigenvalue weighted by Crippen LogP contribution is 2.45. The molecule has 0 aromatic heterocycles. The minimum Gasteiger partial charge on any atom is -0.339 e. The number of thioether (sulfide) groups is 1. The molecule has 1 spiro atoms. The zero-order valence-electron chi connectivity index (χ0n) is 15.1. The second kappa shape index (κ2) is 8.75. The standard InChI is InChI=1S/C21H26N2OS.BrH/c24-19(16-9-3-1-4-10-16)15-25-20-22-18-12-6-5-11-17(18)21(23-20)13-7-2-8-14-21;/h1,3-4,9-10H,2,5-8,11-15H2,(H,22,23);1H. The largest absolute Gasteiger partial charge is 0.339 e. The number of rotatable bonds is 3. The van der Waals surface area contributed by atoms with Crippen LogP contribution in [-0.2, 0) is 0 Å². The molecule has 1 N–H and O–H groups in total. The average molecular weight is 435 g/mol. The fraction of sp³-hybridized carbons (Fsp3) is 0.524. The summed E-state index contributed by atoms with van der Waals surface area (Å²) in [6.07, 6.45) is 11.2. The number of carbonyl (C=O) groups excluding carboxylic acids is 1. The Morgan fingerprint density at radius 3 is 2.54 bits per heavy atom. The Hall–Kier alpha value is -1.07. The number of hydrogen-bond acceptors (Lipinski definition) is 4. The third-order valence-corrected chi connectivity index (χ3v) is 6.59. The van der Waals surface area contributed by atoms with E-state index in [0.717, 1.165) is 17.2 Å². The first-order valence-corrected chi connectivity index (χ1v) is 10.6. The van der Waals surface area contributed by atoms with Crippen LogP contribution in [-0.4, -0.2) is 22.2 Å². The third kappa shape index (κ3) is 4.09. The molecule has 1 aromatic rings. The van der Waals surface area contributed by atoms with E-state index >= 15 is 0 Å². The molecule has 4 rings (SSSR count). The van der Waals surface area contributed by atoms with E-state index in [4.69, 9.17) is 4.99 Å². The van der Waals surface area contributed by atoms with E-state index in [1.807, 2.05) is 30.3 Å². The van der Waals surface area contributed by atoms with Gasteiger partial charge in [-0.3, -0.25) is 9.79 Å². The molecule has 2 aliphatic carbocycles. The topological polar surface area (TPSA) is 41.5 Å². The minimum absolute atomic E-state index is 0. The third-order valence-electron chi connectivity index (χ3n) is 5.72. The Morgan fingerprint density at radius 1 is 1.04 bits per heavy atom. The number of Topliss-reactive ketones (excluding diaryl/α,β-unsaturated/α-hetero) is 1. The SMILES string of the molecule is Br.O=C(CSC1=NC2(CCCCC2)C2=C(CCCC2)N1)c1ccccc1. The van der Waals surface area contributed by atoms with Crippen LogP contribution in [0.4, 0.5) is 0 Å². The van der Waals surface area contributed by atoms with Gasteiger partial charge in [0.1, 0.15) is 0 Å². The molecule has 1 saturated carbocycles. The number of hydrogen-bond donors (Lipinski definition) is 1. The molecular weight excluding hydrogens is 408 g/mol. The summed E-state index contributed by atoms with van der Waals surface area (Å²) in [4.78, 5) is 17.6. The van der Waals surface area contributed by atoms with Crippen molar-refractivity contribution in [2.45, 2.75) is 63.3 Å². The van der Waals surface area contributed by atoms with Gasteiger partial charge in [0.15, 0.2) is 11.0 Å². The van der Waals surface area contributed by atoms with Crippen LogP contribution in [0, 0.1) is 0 Å². The quantitative estimate of drug-likeness (QED) is 0.622. The van der Waals surface area contributed by atoms with Crippen LogP contribution < -0.4 is 5.32 Å². The van der Waals surface area contributed by atoms with Gasteiger partial charge in [0.2, 0.25) is 0 Å². The Bertz CT molecular complexity index is 708. The van der Waals surface area contributed by atoms with Gasteiger partial charge in [-0.1, -0.05) is 61.4 Å². The number of ketones is 1. The number of nitrogens with one attached hydrogen (secondary N) is 1. The van der Waals surface area contributed by atoms with Crippen LogP contribution in [0.5, 0.6) is 0 Å². The van der Waals surface area contributed by atoms with Crippen molar-refractivity contribution in [2.24, 2.45) is 4.99 Å². The van der Waals surface area contributed by atoms with Crippen molar-refractivity contribution in [3.8, 4) is 0 Å². The molecule has 3 aliphatic rings. The molecule has 0 radical (unpaired) electrons. The maximum absolute atomic E-state index is 12.4. The summed E-state index contributed by atoms with van der Waals surface area (Å²) in [6.45, 7) is 0. The van der Waals surface area contributed by atoms with Crippen molar-refractivity contribution >= 4 is 39.7 Å². The lowest BCUT2D eigenvalue weighted by molar-refractivity contribution is 0.102. The number of amidine groups is 1. The Balaban J connectivity index is 0.00000196. The lowest BCUT2D eigenvalue weighted by Crippen LogP contribution is -2.43. The van der Waals surface area contributed by atoms with E-state index in [1.165, 1.54) is 57.1 Å². The Morgan fingerprint density at radius 2 is 1.77 bits per heavy atom. The molecule has 1 fully saturated rings. The molecule has 0 unspecified atom stereocenters. The summed E-state index contributed by atoms with van der Waals surface area (Å²) >= 11 is 1.58. The van der Waals surface area contributed by atoms with E-state index in [2.05, 4.69) is 5.32 Å². The molecule has 1 aromatic carbocycles.